The van der Waals surface area contributed by atoms with Gasteiger partial charge in [0.2, 0.25) is 5.91 Å². The Hall–Kier alpha value is -2.94. The van der Waals surface area contributed by atoms with E-state index in [0.717, 1.165) is 5.56 Å². The molecule has 0 fully saturated rings. The molecule has 2 amide bonds. The summed E-state index contributed by atoms with van der Waals surface area (Å²) in [5.74, 6) is -1.54. The molecule has 2 N–H and O–H groups in total. The average Bonchev–Trinajstić information content (AvgIpc) is 2.68. The molecule has 0 bridgehead atoms. The van der Waals surface area contributed by atoms with E-state index in [1.807, 2.05) is 5.32 Å². The summed E-state index contributed by atoms with van der Waals surface area (Å²) in [6.07, 6.45) is -4.47. The quantitative estimate of drug-likeness (QED) is 0.662. The second-order valence-electron chi connectivity index (χ2n) is 7.04. The van der Waals surface area contributed by atoms with Gasteiger partial charge in [-0.3, -0.25) is 14.5 Å². The Balaban J connectivity index is 1.92. The van der Waals surface area contributed by atoms with Gasteiger partial charge in [-0.1, -0.05) is 18.2 Å². The van der Waals surface area contributed by atoms with E-state index in [1.54, 1.807) is 50.1 Å². The third kappa shape index (κ3) is 6.84. The Bertz CT molecular complexity index is 898. The SMILES string of the molecule is Cc1ccc(NC(=O)[C@H](C)N(C)Cc2ccc(C(=O)NCC(F)(F)F)cc2)cc1F. The summed E-state index contributed by atoms with van der Waals surface area (Å²) in [6.45, 7) is 2.29. The van der Waals surface area contributed by atoms with Gasteiger partial charge in [0.05, 0.1) is 6.04 Å². The third-order valence-corrected chi connectivity index (χ3v) is 4.58. The summed E-state index contributed by atoms with van der Waals surface area (Å²) in [5, 5.41) is 4.47. The topological polar surface area (TPSA) is 61.4 Å². The number of anilines is 1. The summed E-state index contributed by atoms with van der Waals surface area (Å²) in [6, 6.07) is 9.98. The molecule has 2 aromatic rings. The van der Waals surface area contributed by atoms with Crippen molar-refractivity contribution in [3.05, 3.63) is 65.0 Å². The maximum Gasteiger partial charge on any atom is 0.405 e. The molecule has 2 aromatic carbocycles. The van der Waals surface area contributed by atoms with Crippen molar-refractivity contribution >= 4 is 17.5 Å². The zero-order chi connectivity index (χ0) is 22.5. The van der Waals surface area contributed by atoms with Gasteiger partial charge in [-0.25, -0.2) is 4.39 Å². The van der Waals surface area contributed by atoms with Gasteiger partial charge < -0.3 is 10.6 Å². The molecule has 0 aromatic heterocycles. The van der Waals surface area contributed by atoms with Crippen LogP contribution in [0.1, 0.15) is 28.4 Å². The van der Waals surface area contributed by atoms with Crippen molar-refractivity contribution in [2.75, 3.05) is 18.9 Å². The fourth-order valence-corrected chi connectivity index (χ4v) is 2.59. The first-order valence-electron chi connectivity index (χ1n) is 9.17. The van der Waals surface area contributed by atoms with E-state index >= 15 is 0 Å². The Morgan fingerprint density at radius 3 is 2.30 bits per heavy atom. The number of carbonyl (C=O) groups excluding carboxylic acids is 2. The van der Waals surface area contributed by atoms with Crippen LogP contribution >= 0.6 is 0 Å². The summed E-state index contributed by atoms with van der Waals surface area (Å²) in [5.41, 5.74) is 1.72. The minimum atomic E-state index is -4.47. The lowest BCUT2D eigenvalue weighted by molar-refractivity contribution is -0.123. The van der Waals surface area contributed by atoms with Gasteiger partial charge in [-0.05, 0) is 56.3 Å². The molecule has 2 rings (SSSR count). The molecule has 0 radical (unpaired) electrons. The van der Waals surface area contributed by atoms with E-state index in [2.05, 4.69) is 5.32 Å². The van der Waals surface area contributed by atoms with E-state index in [4.69, 9.17) is 0 Å². The van der Waals surface area contributed by atoms with E-state index in [9.17, 15) is 27.2 Å². The van der Waals surface area contributed by atoms with Crippen molar-refractivity contribution in [2.24, 2.45) is 0 Å². The Kier molecular flexibility index (Phi) is 7.55. The smallest absolute Gasteiger partial charge is 0.343 e. The zero-order valence-corrected chi connectivity index (χ0v) is 16.8. The van der Waals surface area contributed by atoms with Crippen LogP contribution in [0.4, 0.5) is 23.2 Å². The number of carbonyl (C=O) groups is 2. The van der Waals surface area contributed by atoms with Crippen molar-refractivity contribution in [2.45, 2.75) is 32.6 Å². The highest BCUT2D eigenvalue weighted by atomic mass is 19.4. The van der Waals surface area contributed by atoms with Gasteiger partial charge in [-0.15, -0.1) is 0 Å². The minimum absolute atomic E-state index is 0.109. The molecule has 0 aliphatic rings. The molecule has 0 saturated heterocycles. The highest BCUT2D eigenvalue weighted by Gasteiger charge is 2.28. The lowest BCUT2D eigenvalue weighted by Gasteiger charge is -2.24. The highest BCUT2D eigenvalue weighted by Crippen LogP contribution is 2.16. The molecule has 1 atom stereocenters. The first-order chi connectivity index (χ1) is 14.0. The average molecular weight is 425 g/mol. The van der Waals surface area contributed by atoms with Crippen LogP contribution in [0.5, 0.6) is 0 Å². The number of benzene rings is 2. The van der Waals surface area contributed by atoms with Crippen LogP contribution in [0.15, 0.2) is 42.5 Å². The van der Waals surface area contributed by atoms with E-state index < -0.39 is 30.5 Å². The van der Waals surface area contributed by atoms with Crippen LogP contribution in [0.2, 0.25) is 0 Å². The van der Waals surface area contributed by atoms with Gasteiger partial charge in [0.15, 0.2) is 0 Å². The van der Waals surface area contributed by atoms with Crippen molar-refractivity contribution in [1.82, 2.24) is 10.2 Å². The summed E-state index contributed by atoms with van der Waals surface area (Å²) in [7, 11) is 1.73. The van der Waals surface area contributed by atoms with E-state index in [1.165, 1.54) is 18.2 Å². The predicted molar refractivity (Wildman–Crippen MR) is 106 cm³/mol. The van der Waals surface area contributed by atoms with Crippen LogP contribution in [0.3, 0.4) is 0 Å². The van der Waals surface area contributed by atoms with Gasteiger partial charge in [-0.2, -0.15) is 13.2 Å². The second-order valence-corrected chi connectivity index (χ2v) is 7.04. The predicted octanol–water partition coefficient (Wildman–Crippen LogP) is 3.89. The van der Waals surface area contributed by atoms with E-state index in [0.29, 0.717) is 17.8 Å². The number of nitrogens with zero attached hydrogens (tertiary/aromatic N) is 1. The number of nitrogens with one attached hydrogen (secondary N) is 2. The first kappa shape index (κ1) is 23.3. The number of alkyl halides is 3. The Morgan fingerprint density at radius 2 is 1.73 bits per heavy atom. The number of amides is 2. The molecule has 0 spiro atoms. The van der Waals surface area contributed by atoms with Gasteiger partial charge in [0.25, 0.3) is 5.91 Å². The fraction of sp³-hybridized carbons (Fsp3) is 0.333. The first-order valence-corrected chi connectivity index (χ1v) is 9.17. The number of halogens is 4. The maximum absolute atomic E-state index is 13.6. The molecule has 0 aliphatic carbocycles. The van der Waals surface area contributed by atoms with Crippen LogP contribution in [-0.2, 0) is 11.3 Å². The molecule has 0 heterocycles. The standard InChI is InChI=1S/C21H23F4N3O2/c1-13-4-9-17(10-18(13)22)27-19(29)14(2)28(3)11-15-5-7-16(8-6-15)20(30)26-12-21(23,24)25/h4-10,14H,11-12H2,1-3H3,(H,26,30)(H,27,29)/t14-/m0/s1. The second kappa shape index (κ2) is 9.71. The van der Waals surface area contributed by atoms with E-state index in [-0.39, 0.29) is 11.5 Å². The monoisotopic (exact) mass is 425 g/mol. The Labute approximate surface area is 172 Å². The summed E-state index contributed by atoms with van der Waals surface area (Å²) < 4.78 is 50.2. The molecular formula is C21H23F4N3O2. The van der Waals surface area contributed by atoms with Crippen molar-refractivity contribution in [3.8, 4) is 0 Å². The molecular weight excluding hydrogens is 402 g/mol. The molecule has 0 unspecified atom stereocenters. The lowest BCUT2D eigenvalue weighted by atomic mass is 10.1. The number of likely N-dealkylation sites (N-methyl/N-ethyl adjacent to an activating group) is 1. The zero-order valence-electron chi connectivity index (χ0n) is 16.8. The fourth-order valence-electron chi connectivity index (χ4n) is 2.59. The Morgan fingerprint density at radius 1 is 1.10 bits per heavy atom. The third-order valence-electron chi connectivity index (χ3n) is 4.58. The largest absolute Gasteiger partial charge is 0.405 e. The summed E-state index contributed by atoms with van der Waals surface area (Å²) in [4.78, 5) is 25.9. The summed E-state index contributed by atoms with van der Waals surface area (Å²) >= 11 is 0. The number of hydrogen-bond acceptors (Lipinski definition) is 3. The number of rotatable bonds is 7. The molecule has 0 saturated carbocycles. The molecule has 5 nitrogen and oxygen atoms in total. The van der Waals surface area contributed by atoms with Crippen LogP contribution in [0.25, 0.3) is 0 Å². The molecule has 0 aliphatic heterocycles. The molecule has 162 valence electrons. The maximum atomic E-state index is 13.6. The molecule has 30 heavy (non-hydrogen) atoms. The lowest BCUT2D eigenvalue weighted by Crippen LogP contribution is -2.39. The van der Waals surface area contributed by atoms with Crippen molar-refractivity contribution in [3.63, 3.8) is 0 Å². The highest BCUT2D eigenvalue weighted by molar-refractivity contribution is 5.95. The van der Waals surface area contributed by atoms with Crippen molar-refractivity contribution < 1.29 is 27.2 Å². The molecule has 9 heteroatoms. The van der Waals surface area contributed by atoms with Crippen LogP contribution < -0.4 is 10.6 Å². The number of hydrogen-bond donors (Lipinski definition) is 2. The minimum Gasteiger partial charge on any atom is -0.343 e. The van der Waals surface area contributed by atoms with Crippen molar-refractivity contribution in [1.29, 1.82) is 0 Å². The van der Waals surface area contributed by atoms with Crippen LogP contribution in [-0.4, -0.2) is 42.5 Å². The normalized spacial score (nSPS) is 12.5. The number of aryl methyl sites for hydroxylation is 1. The van der Waals surface area contributed by atoms with Gasteiger partial charge >= 0.3 is 6.18 Å². The van der Waals surface area contributed by atoms with Crippen LogP contribution in [0, 0.1) is 12.7 Å². The van der Waals surface area contributed by atoms with Gasteiger partial charge in [0.1, 0.15) is 12.4 Å². The van der Waals surface area contributed by atoms with Gasteiger partial charge in [0, 0.05) is 17.8 Å².